The van der Waals surface area contributed by atoms with Gasteiger partial charge in [-0.15, -0.1) is 10.2 Å². The highest BCUT2D eigenvalue weighted by Gasteiger charge is 2.34. The van der Waals surface area contributed by atoms with E-state index < -0.39 is 0 Å². The zero-order valence-electron chi connectivity index (χ0n) is 18.0. The van der Waals surface area contributed by atoms with Crippen molar-refractivity contribution in [2.45, 2.75) is 50.5 Å². The van der Waals surface area contributed by atoms with Crippen molar-refractivity contribution >= 4 is 22.4 Å². The first-order chi connectivity index (χ1) is 15.8. The second-order valence-electron chi connectivity index (χ2n) is 9.02. The smallest absolute Gasteiger partial charge is 0.224 e. The Labute approximate surface area is 187 Å². The number of nitrogens with zero attached hydrogens (tertiary/aromatic N) is 3. The van der Waals surface area contributed by atoms with Crippen LogP contribution in [-0.2, 0) is 24.1 Å². The summed E-state index contributed by atoms with van der Waals surface area (Å²) in [5, 5.41) is 14.5. The third-order valence-electron chi connectivity index (χ3n) is 6.76. The van der Waals surface area contributed by atoms with E-state index >= 15 is 0 Å². The van der Waals surface area contributed by atoms with Crippen molar-refractivity contribution in [3.8, 4) is 0 Å². The lowest BCUT2D eigenvalue weighted by Gasteiger charge is -2.13. The van der Waals surface area contributed by atoms with Crippen LogP contribution in [0.2, 0.25) is 0 Å². The van der Waals surface area contributed by atoms with Crippen LogP contribution in [-0.4, -0.2) is 20.7 Å². The van der Waals surface area contributed by atoms with E-state index in [-0.39, 0.29) is 5.91 Å². The van der Waals surface area contributed by atoms with Crippen LogP contribution in [0.5, 0.6) is 0 Å². The third-order valence-corrected chi connectivity index (χ3v) is 6.76. The number of aromatic nitrogens is 3. The molecule has 0 atom stereocenters. The number of hydrogen-bond donors (Lipinski definition) is 1. The van der Waals surface area contributed by atoms with Gasteiger partial charge in [0.05, 0.1) is 0 Å². The van der Waals surface area contributed by atoms with Crippen LogP contribution in [0, 0.1) is 0 Å². The number of hydrogen-bond acceptors (Lipinski definition) is 3. The minimum Gasteiger partial charge on any atom is -0.326 e. The highest BCUT2D eigenvalue weighted by Crippen LogP contribution is 2.41. The lowest BCUT2D eigenvalue weighted by molar-refractivity contribution is -0.116. The minimum atomic E-state index is 0.0153. The lowest BCUT2D eigenvalue weighted by Crippen LogP contribution is -2.15. The minimum absolute atomic E-state index is 0.0153. The van der Waals surface area contributed by atoms with Gasteiger partial charge in [0.25, 0.3) is 0 Å². The molecule has 1 fully saturated rings. The van der Waals surface area contributed by atoms with Crippen LogP contribution in [0.4, 0.5) is 5.69 Å². The molecule has 1 amide bonds. The summed E-state index contributed by atoms with van der Waals surface area (Å²) in [7, 11) is 0. The largest absolute Gasteiger partial charge is 0.326 e. The average molecular weight is 423 g/mol. The normalized spacial score (nSPS) is 15.8. The molecule has 1 N–H and O–H groups in total. The fourth-order valence-electron chi connectivity index (χ4n) is 5.03. The number of anilines is 1. The molecule has 32 heavy (non-hydrogen) atoms. The summed E-state index contributed by atoms with van der Waals surface area (Å²) in [5.41, 5.74) is 3.72. The van der Waals surface area contributed by atoms with Crippen molar-refractivity contribution in [1.29, 1.82) is 0 Å². The summed E-state index contributed by atoms with van der Waals surface area (Å²) in [6, 6.07) is 23.3. The first kappa shape index (κ1) is 19.2. The first-order valence-electron chi connectivity index (χ1n) is 11.5. The van der Waals surface area contributed by atoms with Crippen molar-refractivity contribution < 1.29 is 4.79 Å². The van der Waals surface area contributed by atoms with Crippen molar-refractivity contribution in [1.82, 2.24) is 14.8 Å². The molecule has 3 aromatic carbocycles. The van der Waals surface area contributed by atoms with Gasteiger partial charge in [-0.3, -0.25) is 4.79 Å². The van der Waals surface area contributed by atoms with Gasteiger partial charge in [-0.2, -0.15) is 0 Å². The molecule has 4 aromatic rings. The Kier molecular flexibility index (Phi) is 4.75. The van der Waals surface area contributed by atoms with Gasteiger partial charge in [0.1, 0.15) is 11.6 Å². The standard InChI is InChI=1S/C27H26N4O/c32-26(28-24-11-5-9-18-6-3-4-10-23(18)24)15-14-25-29-30-27(31(25)22-12-13-22)21-16-19-7-1-2-8-20(19)17-21/h1-11,21-22H,12-17H2,(H,28,32). The Balaban J connectivity index is 1.17. The monoisotopic (exact) mass is 422 g/mol. The molecule has 2 aliphatic rings. The summed E-state index contributed by atoms with van der Waals surface area (Å²) in [6.45, 7) is 0. The molecule has 0 saturated heterocycles. The van der Waals surface area contributed by atoms with Gasteiger partial charge in [-0.05, 0) is 48.3 Å². The maximum atomic E-state index is 12.8. The predicted octanol–water partition coefficient (Wildman–Crippen LogP) is 5.22. The van der Waals surface area contributed by atoms with Crippen molar-refractivity contribution in [2.24, 2.45) is 0 Å². The van der Waals surface area contributed by atoms with Crippen LogP contribution in [0.15, 0.2) is 66.7 Å². The lowest BCUT2D eigenvalue weighted by atomic mass is 10.1. The van der Waals surface area contributed by atoms with Gasteiger partial charge in [0, 0.05) is 35.9 Å². The van der Waals surface area contributed by atoms with Crippen molar-refractivity contribution in [3.63, 3.8) is 0 Å². The number of nitrogens with one attached hydrogen (secondary N) is 1. The van der Waals surface area contributed by atoms with Crippen LogP contribution < -0.4 is 5.32 Å². The molecule has 5 heteroatoms. The highest BCUT2D eigenvalue weighted by atomic mass is 16.1. The van der Waals surface area contributed by atoms with Gasteiger partial charge in [0.2, 0.25) is 5.91 Å². The van der Waals surface area contributed by atoms with Gasteiger partial charge in [0.15, 0.2) is 0 Å². The molecule has 0 unspecified atom stereocenters. The van der Waals surface area contributed by atoms with E-state index in [0.29, 0.717) is 24.8 Å². The number of benzene rings is 3. The Morgan fingerprint density at radius 1 is 0.906 bits per heavy atom. The average Bonchev–Trinajstić information content (AvgIpc) is 3.42. The number of amides is 1. The number of aryl methyl sites for hydroxylation is 1. The second-order valence-corrected chi connectivity index (χ2v) is 9.02. The molecule has 0 radical (unpaired) electrons. The predicted molar refractivity (Wildman–Crippen MR) is 126 cm³/mol. The van der Waals surface area contributed by atoms with E-state index in [4.69, 9.17) is 0 Å². The quantitative estimate of drug-likeness (QED) is 0.463. The van der Waals surface area contributed by atoms with E-state index in [1.807, 2.05) is 30.3 Å². The zero-order chi connectivity index (χ0) is 21.5. The van der Waals surface area contributed by atoms with E-state index in [1.165, 1.54) is 24.0 Å². The SMILES string of the molecule is O=C(CCc1nnc(C2Cc3ccccc3C2)n1C1CC1)Nc1cccc2ccccc12. The number of fused-ring (bicyclic) bond motifs is 2. The van der Waals surface area contributed by atoms with Crippen LogP contribution in [0.25, 0.3) is 10.8 Å². The fraction of sp³-hybridized carbons (Fsp3) is 0.296. The van der Waals surface area contributed by atoms with Crippen molar-refractivity contribution in [3.05, 3.63) is 89.5 Å². The Bertz CT molecular complexity index is 1270. The third kappa shape index (κ3) is 3.58. The number of carbonyl (C=O) groups is 1. The van der Waals surface area contributed by atoms with E-state index in [2.05, 4.69) is 56.5 Å². The van der Waals surface area contributed by atoms with E-state index in [1.54, 1.807) is 0 Å². The Hall–Kier alpha value is -3.47. The summed E-state index contributed by atoms with van der Waals surface area (Å²) >= 11 is 0. The summed E-state index contributed by atoms with van der Waals surface area (Å²) in [4.78, 5) is 12.8. The van der Waals surface area contributed by atoms with Crippen LogP contribution in [0.1, 0.15) is 54.0 Å². The topological polar surface area (TPSA) is 59.8 Å². The molecule has 160 valence electrons. The molecule has 0 aliphatic heterocycles. The van der Waals surface area contributed by atoms with Gasteiger partial charge < -0.3 is 9.88 Å². The molecule has 1 heterocycles. The Morgan fingerprint density at radius 3 is 2.41 bits per heavy atom. The summed E-state index contributed by atoms with van der Waals surface area (Å²) < 4.78 is 2.35. The van der Waals surface area contributed by atoms with Gasteiger partial charge >= 0.3 is 0 Å². The molecular weight excluding hydrogens is 396 g/mol. The molecule has 6 rings (SSSR count). The van der Waals surface area contributed by atoms with E-state index in [9.17, 15) is 4.79 Å². The molecule has 0 bridgehead atoms. The molecule has 1 saturated carbocycles. The molecular formula is C27H26N4O. The van der Waals surface area contributed by atoms with Crippen LogP contribution in [0.3, 0.4) is 0 Å². The zero-order valence-corrected chi connectivity index (χ0v) is 18.0. The van der Waals surface area contributed by atoms with E-state index in [0.717, 1.165) is 41.0 Å². The van der Waals surface area contributed by atoms with Gasteiger partial charge in [-0.1, -0.05) is 60.7 Å². The summed E-state index contributed by atoms with van der Waals surface area (Å²) in [5.74, 6) is 2.46. The molecule has 0 spiro atoms. The maximum Gasteiger partial charge on any atom is 0.224 e. The maximum absolute atomic E-state index is 12.8. The molecule has 1 aromatic heterocycles. The Morgan fingerprint density at radius 2 is 1.62 bits per heavy atom. The van der Waals surface area contributed by atoms with Crippen LogP contribution >= 0.6 is 0 Å². The highest BCUT2D eigenvalue weighted by molar-refractivity contribution is 6.02. The van der Waals surface area contributed by atoms with Crippen molar-refractivity contribution in [2.75, 3.05) is 5.32 Å². The summed E-state index contributed by atoms with van der Waals surface area (Å²) in [6.07, 6.45) is 5.43. The van der Waals surface area contributed by atoms with Gasteiger partial charge in [-0.25, -0.2) is 0 Å². The molecule has 2 aliphatic carbocycles. The number of carbonyl (C=O) groups excluding carboxylic acids is 1. The first-order valence-corrected chi connectivity index (χ1v) is 11.5. The fourth-order valence-corrected chi connectivity index (χ4v) is 5.03. The number of rotatable bonds is 6. The second kappa shape index (κ2) is 7.90. The molecule has 5 nitrogen and oxygen atoms in total.